The Kier molecular flexibility index (Phi) is 6.46. The van der Waals surface area contributed by atoms with Crippen molar-refractivity contribution in [1.82, 2.24) is 25.1 Å². The lowest BCUT2D eigenvalue weighted by molar-refractivity contribution is 0.586. The summed E-state index contributed by atoms with van der Waals surface area (Å²) in [6.07, 6.45) is 2.86. The Morgan fingerprint density at radius 2 is 2.15 bits per heavy atom. The van der Waals surface area contributed by atoms with Crippen LogP contribution in [0.2, 0.25) is 0 Å². The molecular weight excluding hydrogens is 280 g/mol. The first-order valence-electron chi connectivity index (χ1n) is 6.36. The van der Waals surface area contributed by atoms with E-state index in [-0.39, 0.29) is 0 Å². The molecule has 0 bridgehead atoms. The fraction of sp³-hybridized carbons (Fsp3) is 0.636. The lowest BCUT2D eigenvalue weighted by atomic mass is 10.4. The molecule has 8 nitrogen and oxygen atoms in total. The van der Waals surface area contributed by atoms with Gasteiger partial charge in [-0.15, -0.1) is 0 Å². The van der Waals surface area contributed by atoms with Crippen LogP contribution in [-0.4, -0.2) is 50.0 Å². The molecule has 1 rings (SSSR count). The van der Waals surface area contributed by atoms with Gasteiger partial charge in [-0.05, 0) is 13.0 Å². The standard InChI is InChI=1S/C11H22N6O2S/c1-4-12-11(13-7-8-16-20(3,18)19)14-9-10-5-6-15-17(10)2/h5-6,16H,4,7-9H2,1-3H3,(H2,12,13,14). The quantitative estimate of drug-likeness (QED) is 0.342. The van der Waals surface area contributed by atoms with E-state index in [9.17, 15) is 8.42 Å². The van der Waals surface area contributed by atoms with E-state index in [0.29, 0.717) is 25.6 Å². The summed E-state index contributed by atoms with van der Waals surface area (Å²) in [5, 5.41) is 10.2. The Bertz CT molecular complexity index is 537. The summed E-state index contributed by atoms with van der Waals surface area (Å²) in [5.41, 5.74) is 0.997. The second-order valence-electron chi connectivity index (χ2n) is 4.23. The largest absolute Gasteiger partial charge is 0.357 e. The van der Waals surface area contributed by atoms with Crippen molar-refractivity contribution in [2.24, 2.45) is 12.0 Å². The minimum atomic E-state index is -3.15. The molecule has 0 aliphatic carbocycles. The Balaban J connectivity index is 2.45. The summed E-state index contributed by atoms with van der Waals surface area (Å²) >= 11 is 0. The topological polar surface area (TPSA) is 100 Å². The number of nitrogens with zero attached hydrogens (tertiary/aromatic N) is 3. The minimum Gasteiger partial charge on any atom is -0.357 e. The van der Waals surface area contributed by atoms with Crippen LogP contribution in [0, 0.1) is 0 Å². The van der Waals surface area contributed by atoms with Gasteiger partial charge in [0.25, 0.3) is 0 Å². The summed E-state index contributed by atoms with van der Waals surface area (Å²) < 4.78 is 26.0. The third kappa shape index (κ3) is 6.53. The normalized spacial score (nSPS) is 12.4. The number of aliphatic imine (C=N–C) groups is 1. The van der Waals surface area contributed by atoms with E-state index in [2.05, 4.69) is 25.4 Å². The Morgan fingerprint density at radius 3 is 2.70 bits per heavy atom. The number of sulfonamides is 1. The molecule has 1 aromatic heterocycles. The zero-order valence-electron chi connectivity index (χ0n) is 12.0. The number of hydrogen-bond donors (Lipinski definition) is 3. The fourth-order valence-corrected chi connectivity index (χ4v) is 1.95. The predicted molar refractivity (Wildman–Crippen MR) is 78.9 cm³/mol. The molecule has 1 heterocycles. The van der Waals surface area contributed by atoms with Gasteiger partial charge < -0.3 is 10.6 Å². The lowest BCUT2D eigenvalue weighted by Gasteiger charge is -2.11. The van der Waals surface area contributed by atoms with Crippen LogP contribution >= 0.6 is 0 Å². The molecule has 0 fully saturated rings. The Hall–Kier alpha value is -1.61. The maximum Gasteiger partial charge on any atom is 0.208 e. The van der Waals surface area contributed by atoms with Crippen LogP contribution in [-0.2, 0) is 23.6 Å². The molecular formula is C11H22N6O2S. The molecule has 9 heteroatoms. The minimum absolute atomic E-state index is 0.314. The summed E-state index contributed by atoms with van der Waals surface area (Å²) in [4.78, 5) is 4.41. The van der Waals surface area contributed by atoms with Gasteiger partial charge >= 0.3 is 0 Å². The number of aryl methyl sites for hydroxylation is 1. The fourth-order valence-electron chi connectivity index (χ4n) is 1.48. The van der Waals surface area contributed by atoms with Gasteiger partial charge in [-0.3, -0.25) is 4.68 Å². The Morgan fingerprint density at radius 1 is 1.40 bits per heavy atom. The molecule has 0 aliphatic heterocycles. The van der Waals surface area contributed by atoms with Crippen molar-refractivity contribution in [2.45, 2.75) is 13.5 Å². The zero-order valence-corrected chi connectivity index (χ0v) is 12.9. The van der Waals surface area contributed by atoms with Gasteiger partial charge in [0.15, 0.2) is 5.96 Å². The first-order chi connectivity index (χ1) is 9.42. The van der Waals surface area contributed by atoms with Crippen LogP contribution in [0.25, 0.3) is 0 Å². The molecule has 20 heavy (non-hydrogen) atoms. The molecule has 3 N–H and O–H groups in total. The molecule has 0 aliphatic rings. The van der Waals surface area contributed by atoms with Gasteiger partial charge in [0.1, 0.15) is 0 Å². The molecule has 0 saturated heterocycles. The number of hydrogen-bond acceptors (Lipinski definition) is 4. The summed E-state index contributed by atoms with van der Waals surface area (Å²) in [6, 6.07) is 1.90. The summed E-state index contributed by atoms with van der Waals surface area (Å²) in [7, 11) is -1.29. The highest BCUT2D eigenvalue weighted by atomic mass is 32.2. The van der Waals surface area contributed by atoms with Crippen molar-refractivity contribution in [3.8, 4) is 0 Å². The van der Waals surface area contributed by atoms with E-state index in [1.54, 1.807) is 10.9 Å². The van der Waals surface area contributed by atoms with Gasteiger partial charge in [0, 0.05) is 32.9 Å². The van der Waals surface area contributed by atoms with Gasteiger partial charge in [0.05, 0.1) is 18.5 Å². The van der Waals surface area contributed by atoms with E-state index in [0.717, 1.165) is 18.5 Å². The monoisotopic (exact) mass is 302 g/mol. The van der Waals surface area contributed by atoms with Crippen LogP contribution in [0.1, 0.15) is 12.6 Å². The van der Waals surface area contributed by atoms with Gasteiger partial charge in [0.2, 0.25) is 10.0 Å². The molecule has 0 amide bonds. The highest BCUT2D eigenvalue weighted by molar-refractivity contribution is 7.88. The molecule has 114 valence electrons. The zero-order chi connectivity index (χ0) is 15.0. The first-order valence-corrected chi connectivity index (χ1v) is 8.25. The first kappa shape index (κ1) is 16.4. The van der Waals surface area contributed by atoms with Crippen molar-refractivity contribution in [2.75, 3.05) is 25.9 Å². The Labute approximate surface area is 119 Å². The molecule has 0 radical (unpaired) electrons. The smallest absolute Gasteiger partial charge is 0.208 e. The van der Waals surface area contributed by atoms with Gasteiger partial charge in [-0.1, -0.05) is 0 Å². The summed E-state index contributed by atoms with van der Waals surface area (Å²) in [5.74, 6) is 0.643. The maximum absolute atomic E-state index is 10.9. The molecule has 0 aromatic carbocycles. The number of guanidine groups is 1. The van der Waals surface area contributed by atoms with Crippen molar-refractivity contribution in [1.29, 1.82) is 0 Å². The van der Waals surface area contributed by atoms with E-state index in [4.69, 9.17) is 0 Å². The van der Waals surface area contributed by atoms with Crippen LogP contribution in [0.4, 0.5) is 0 Å². The average Bonchev–Trinajstić information content (AvgIpc) is 2.76. The van der Waals surface area contributed by atoms with Crippen molar-refractivity contribution in [3.63, 3.8) is 0 Å². The lowest BCUT2D eigenvalue weighted by Crippen LogP contribution is -2.41. The van der Waals surface area contributed by atoms with E-state index < -0.39 is 10.0 Å². The highest BCUT2D eigenvalue weighted by Gasteiger charge is 2.02. The number of rotatable bonds is 7. The predicted octanol–water partition coefficient (Wildman–Crippen LogP) is -0.976. The molecule has 0 spiro atoms. The van der Waals surface area contributed by atoms with Crippen molar-refractivity contribution in [3.05, 3.63) is 18.0 Å². The number of nitrogens with one attached hydrogen (secondary N) is 3. The molecule has 1 aromatic rings. The second kappa shape index (κ2) is 7.85. The van der Waals surface area contributed by atoms with Crippen LogP contribution in [0.5, 0.6) is 0 Å². The SMILES string of the molecule is CCNC(=NCc1ccnn1C)NCCNS(C)(=O)=O. The molecule has 0 saturated carbocycles. The van der Waals surface area contributed by atoms with Gasteiger partial charge in [-0.25, -0.2) is 18.1 Å². The van der Waals surface area contributed by atoms with Crippen molar-refractivity contribution >= 4 is 16.0 Å². The average molecular weight is 302 g/mol. The van der Waals surface area contributed by atoms with Crippen LogP contribution in [0.15, 0.2) is 17.3 Å². The third-order valence-electron chi connectivity index (χ3n) is 2.45. The van der Waals surface area contributed by atoms with Crippen LogP contribution < -0.4 is 15.4 Å². The van der Waals surface area contributed by atoms with Crippen molar-refractivity contribution < 1.29 is 8.42 Å². The van der Waals surface area contributed by atoms with E-state index in [1.807, 2.05) is 20.0 Å². The number of aromatic nitrogens is 2. The third-order valence-corrected chi connectivity index (χ3v) is 3.18. The van der Waals surface area contributed by atoms with E-state index >= 15 is 0 Å². The van der Waals surface area contributed by atoms with E-state index in [1.165, 1.54) is 0 Å². The molecule has 0 unspecified atom stereocenters. The maximum atomic E-state index is 10.9. The highest BCUT2D eigenvalue weighted by Crippen LogP contribution is 1.97. The van der Waals surface area contributed by atoms with Gasteiger partial charge in [-0.2, -0.15) is 5.10 Å². The molecule has 0 atom stereocenters. The van der Waals surface area contributed by atoms with Crippen LogP contribution in [0.3, 0.4) is 0 Å². The second-order valence-corrected chi connectivity index (χ2v) is 6.07. The summed E-state index contributed by atoms with van der Waals surface area (Å²) in [6.45, 7) is 3.98.